The summed E-state index contributed by atoms with van der Waals surface area (Å²) in [5.41, 5.74) is 2.77. The zero-order valence-electron chi connectivity index (χ0n) is 8.38. The second-order valence-corrected chi connectivity index (χ2v) is 3.81. The molecule has 1 aliphatic rings. The fourth-order valence-electron chi connectivity index (χ4n) is 1.74. The van der Waals surface area contributed by atoms with E-state index in [-0.39, 0.29) is 0 Å². The predicted molar refractivity (Wildman–Crippen MR) is 59.7 cm³/mol. The molecule has 3 heteroatoms. The first kappa shape index (κ1) is 10.1. The molecule has 0 radical (unpaired) electrons. The zero-order valence-corrected chi connectivity index (χ0v) is 9.14. The Labute approximate surface area is 93.7 Å². The van der Waals surface area contributed by atoms with Crippen LogP contribution in [0.15, 0.2) is 23.8 Å². The van der Waals surface area contributed by atoms with E-state index in [1.807, 2.05) is 18.2 Å². The van der Waals surface area contributed by atoms with E-state index in [4.69, 9.17) is 21.6 Å². The Hall–Kier alpha value is -1.46. The van der Waals surface area contributed by atoms with Crippen LogP contribution in [0.4, 0.5) is 0 Å². The van der Waals surface area contributed by atoms with Crippen LogP contribution in [0.1, 0.15) is 17.5 Å². The van der Waals surface area contributed by atoms with E-state index in [1.165, 1.54) is 5.56 Å². The van der Waals surface area contributed by atoms with E-state index in [0.29, 0.717) is 10.6 Å². The molecule has 0 bridgehead atoms. The summed E-state index contributed by atoms with van der Waals surface area (Å²) >= 11 is 6.14. The van der Waals surface area contributed by atoms with E-state index < -0.39 is 0 Å². The number of nitrogens with zero attached hydrogens (tertiary/aromatic N) is 1. The number of fused-ring (bicyclic) bond motifs is 1. The molecular formula is C12H10ClNO. The lowest BCUT2D eigenvalue weighted by atomic mass is 9.92. The highest BCUT2D eigenvalue weighted by molar-refractivity contribution is 6.49. The van der Waals surface area contributed by atoms with Crippen molar-refractivity contribution in [3.05, 3.63) is 34.9 Å². The number of methoxy groups -OCH3 is 1. The molecule has 0 fully saturated rings. The first-order valence-electron chi connectivity index (χ1n) is 4.72. The average molecular weight is 220 g/mol. The number of benzene rings is 1. The largest absolute Gasteiger partial charge is 0.497 e. The number of hydrogen-bond donors (Lipinski definition) is 0. The van der Waals surface area contributed by atoms with Gasteiger partial charge in [0.2, 0.25) is 0 Å². The molecule has 0 amide bonds. The Morgan fingerprint density at radius 1 is 1.40 bits per heavy atom. The molecule has 1 aromatic carbocycles. The van der Waals surface area contributed by atoms with Crippen LogP contribution in [0, 0.1) is 11.3 Å². The highest BCUT2D eigenvalue weighted by atomic mass is 35.5. The minimum absolute atomic E-state index is 0.567. The molecule has 0 unspecified atom stereocenters. The van der Waals surface area contributed by atoms with Crippen LogP contribution in [0.3, 0.4) is 0 Å². The Balaban J connectivity index is 2.56. The van der Waals surface area contributed by atoms with Crippen LogP contribution >= 0.6 is 11.6 Å². The molecule has 1 aliphatic carbocycles. The van der Waals surface area contributed by atoms with Gasteiger partial charge in [-0.25, -0.2) is 0 Å². The predicted octanol–water partition coefficient (Wildman–Crippen LogP) is 3.11. The second kappa shape index (κ2) is 3.96. The Morgan fingerprint density at radius 3 is 2.87 bits per heavy atom. The molecular weight excluding hydrogens is 210 g/mol. The Bertz CT molecular complexity index is 471. The van der Waals surface area contributed by atoms with Crippen molar-refractivity contribution in [2.24, 2.45) is 0 Å². The van der Waals surface area contributed by atoms with Gasteiger partial charge in [-0.2, -0.15) is 5.26 Å². The van der Waals surface area contributed by atoms with E-state index in [2.05, 4.69) is 6.07 Å². The average Bonchev–Trinajstić information content (AvgIpc) is 2.29. The van der Waals surface area contributed by atoms with Crippen molar-refractivity contribution >= 4 is 16.6 Å². The summed E-state index contributed by atoms with van der Waals surface area (Å²) in [5.74, 6) is 0.770. The van der Waals surface area contributed by atoms with Crippen molar-refractivity contribution in [3.63, 3.8) is 0 Å². The van der Waals surface area contributed by atoms with Crippen LogP contribution < -0.4 is 4.74 Å². The van der Waals surface area contributed by atoms with Crippen molar-refractivity contribution < 1.29 is 4.74 Å². The maximum atomic E-state index is 8.89. The molecule has 15 heavy (non-hydrogen) atoms. The minimum Gasteiger partial charge on any atom is -0.497 e. The van der Waals surface area contributed by atoms with E-state index in [9.17, 15) is 0 Å². The molecule has 0 atom stereocenters. The Kier molecular flexibility index (Phi) is 2.66. The third kappa shape index (κ3) is 1.71. The smallest absolute Gasteiger partial charge is 0.119 e. The van der Waals surface area contributed by atoms with Gasteiger partial charge in [0.05, 0.1) is 18.2 Å². The van der Waals surface area contributed by atoms with Crippen LogP contribution in [0.25, 0.3) is 5.03 Å². The first-order chi connectivity index (χ1) is 7.26. The van der Waals surface area contributed by atoms with Crippen molar-refractivity contribution in [1.82, 2.24) is 0 Å². The molecule has 2 nitrogen and oxygen atoms in total. The molecule has 2 rings (SSSR count). The lowest BCUT2D eigenvalue weighted by molar-refractivity contribution is 0.414. The first-order valence-corrected chi connectivity index (χ1v) is 5.10. The third-order valence-corrected chi connectivity index (χ3v) is 3.03. The third-order valence-electron chi connectivity index (χ3n) is 2.60. The monoisotopic (exact) mass is 219 g/mol. The summed E-state index contributed by atoms with van der Waals surface area (Å²) in [6.45, 7) is 0. The van der Waals surface area contributed by atoms with Gasteiger partial charge in [0.1, 0.15) is 5.75 Å². The normalized spacial score (nSPS) is 14.5. The number of nitriles is 1. The molecule has 0 spiro atoms. The van der Waals surface area contributed by atoms with Crippen molar-refractivity contribution in [2.75, 3.05) is 7.11 Å². The summed E-state index contributed by atoms with van der Waals surface area (Å²) in [6.07, 6.45) is 1.60. The summed E-state index contributed by atoms with van der Waals surface area (Å²) in [6, 6.07) is 7.94. The maximum absolute atomic E-state index is 8.89. The van der Waals surface area contributed by atoms with Crippen LogP contribution in [-0.2, 0) is 6.42 Å². The second-order valence-electron chi connectivity index (χ2n) is 3.43. The van der Waals surface area contributed by atoms with Gasteiger partial charge in [0, 0.05) is 11.1 Å². The van der Waals surface area contributed by atoms with Crippen molar-refractivity contribution in [2.45, 2.75) is 12.8 Å². The molecule has 0 aromatic heterocycles. The van der Waals surface area contributed by atoms with Crippen molar-refractivity contribution in [1.29, 1.82) is 5.26 Å². The molecule has 0 saturated heterocycles. The van der Waals surface area contributed by atoms with Gasteiger partial charge in [-0.15, -0.1) is 0 Å². The van der Waals surface area contributed by atoms with Crippen LogP contribution in [-0.4, -0.2) is 7.11 Å². The summed E-state index contributed by atoms with van der Waals surface area (Å²) in [7, 11) is 1.62. The van der Waals surface area contributed by atoms with Gasteiger partial charge in [-0.05, 0) is 30.5 Å². The topological polar surface area (TPSA) is 33.0 Å². The molecule has 1 aromatic rings. The quantitative estimate of drug-likeness (QED) is 0.727. The lowest BCUT2D eigenvalue weighted by Crippen LogP contribution is -2.01. The van der Waals surface area contributed by atoms with Gasteiger partial charge < -0.3 is 4.74 Å². The maximum Gasteiger partial charge on any atom is 0.119 e. The molecule has 0 N–H and O–H groups in total. The van der Waals surface area contributed by atoms with Gasteiger partial charge in [0.15, 0.2) is 0 Å². The molecule has 76 valence electrons. The fraction of sp³-hybridized carbons (Fsp3) is 0.250. The van der Waals surface area contributed by atoms with E-state index in [0.717, 1.165) is 24.2 Å². The van der Waals surface area contributed by atoms with Gasteiger partial charge in [0.25, 0.3) is 0 Å². The standard InChI is InChI=1S/C12H10ClNO/c1-15-10-5-4-8-2-3-9(7-14)12(13)11(8)6-10/h4-6H,2-3H2,1H3. The Morgan fingerprint density at radius 2 is 2.20 bits per heavy atom. The SMILES string of the molecule is COc1ccc2c(c1)C(Cl)=C(C#N)CC2. The fourth-order valence-corrected chi connectivity index (χ4v) is 2.05. The van der Waals surface area contributed by atoms with E-state index >= 15 is 0 Å². The highest BCUT2D eigenvalue weighted by Gasteiger charge is 2.17. The number of rotatable bonds is 1. The van der Waals surface area contributed by atoms with Gasteiger partial charge in [-0.3, -0.25) is 0 Å². The number of hydrogen-bond acceptors (Lipinski definition) is 2. The number of allylic oxidation sites excluding steroid dienone is 1. The zero-order chi connectivity index (χ0) is 10.8. The molecule has 0 aliphatic heterocycles. The minimum atomic E-state index is 0.567. The summed E-state index contributed by atoms with van der Waals surface area (Å²) < 4.78 is 5.13. The number of aryl methyl sites for hydroxylation is 1. The molecule has 0 heterocycles. The van der Waals surface area contributed by atoms with Gasteiger partial charge in [-0.1, -0.05) is 17.7 Å². The highest BCUT2D eigenvalue weighted by Crippen LogP contribution is 2.35. The van der Waals surface area contributed by atoms with E-state index in [1.54, 1.807) is 7.11 Å². The summed E-state index contributed by atoms with van der Waals surface area (Å²) in [4.78, 5) is 0. The van der Waals surface area contributed by atoms with Crippen LogP contribution in [0.2, 0.25) is 0 Å². The number of halogens is 1. The van der Waals surface area contributed by atoms with Gasteiger partial charge >= 0.3 is 0 Å². The van der Waals surface area contributed by atoms with Crippen molar-refractivity contribution in [3.8, 4) is 11.8 Å². The summed E-state index contributed by atoms with van der Waals surface area (Å²) in [5, 5.41) is 9.46. The molecule has 0 saturated carbocycles. The van der Waals surface area contributed by atoms with Crippen LogP contribution in [0.5, 0.6) is 5.75 Å². The number of ether oxygens (including phenoxy) is 1. The lowest BCUT2D eigenvalue weighted by Gasteiger charge is -2.16.